The summed E-state index contributed by atoms with van der Waals surface area (Å²) < 4.78 is 26.8. The maximum atomic E-state index is 14.0. The van der Waals surface area contributed by atoms with Gasteiger partial charge in [0.25, 0.3) is 5.91 Å². The maximum Gasteiger partial charge on any atom is 0.411 e. The zero-order chi connectivity index (χ0) is 39.5. The third kappa shape index (κ3) is 10.2. The Morgan fingerprint density at radius 3 is 2.46 bits per heavy atom. The van der Waals surface area contributed by atoms with E-state index in [2.05, 4.69) is 10.5 Å². The van der Waals surface area contributed by atoms with Crippen LogP contribution < -0.4 is 19.5 Å². The number of nitro benzene ring substituents is 1. The quantitative estimate of drug-likeness (QED) is 0.0611. The molecule has 2 aromatic rings. The number of aliphatic carboxylic acids is 2. The van der Waals surface area contributed by atoms with E-state index in [1.54, 1.807) is 4.90 Å². The summed E-state index contributed by atoms with van der Waals surface area (Å²) in [6.07, 6.45) is -7.41. The van der Waals surface area contributed by atoms with Crippen LogP contribution in [0, 0.1) is 10.1 Å². The molecule has 2 aliphatic rings. The molecule has 6 atom stereocenters. The van der Waals surface area contributed by atoms with Crippen molar-refractivity contribution in [1.29, 1.82) is 0 Å². The lowest BCUT2D eigenvalue weighted by Gasteiger charge is -2.38. The van der Waals surface area contributed by atoms with Crippen LogP contribution in [-0.2, 0) is 30.5 Å². The van der Waals surface area contributed by atoms with Crippen molar-refractivity contribution >= 4 is 41.5 Å². The highest BCUT2D eigenvalue weighted by Crippen LogP contribution is 2.36. The standard InChI is InChI=1S/C33H40N4O17/c1-49-23-13-19(30(43)36-10-4-3-6-18(36)15-34-50-2)20(14-24(23)51-11-5-7-25(38)39)35-33(46)52-16-17-8-9-22(21(12-17)37(47)48)53-32-28(42)26(40)27(41)29(54-32)31(44)45/h8-9,12-15,18,26-29,32,40-42H,3-7,10-11,16H2,1-2H3,(H,35,46)(H,38,39)(H,44,45)/t18-,26-,27-,28+,29-,32+/m0/s1. The number of oxime groups is 1. The Labute approximate surface area is 306 Å². The van der Waals surface area contributed by atoms with Gasteiger partial charge in [0.2, 0.25) is 6.29 Å². The Morgan fingerprint density at radius 2 is 1.80 bits per heavy atom. The highest BCUT2D eigenvalue weighted by atomic mass is 16.7. The highest BCUT2D eigenvalue weighted by Gasteiger charge is 2.48. The number of hydrogen-bond donors (Lipinski definition) is 6. The van der Waals surface area contributed by atoms with E-state index < -0.39 is 83.7 Å². The smallest absolute Gasteiger partial charge is 0.411 e. The van der Waals surface area contributed by atoms with Crippen LogP contribution in [0.1, 0.15) is 48.0 Å². The molecule has 294 valence electrons. The summed E-state index contributed by atoms with van der Waals surface area (Å²) in [7, 11) is 2.71. The second kappa shape index (κ2) is 18.8. The fourth-order valence-corrected chi connectivity index (χ4v) is 5.63. The van der Waals surface area contributed by atoms with Gasteiger partial charge in [-0.05, 0) is 43.4 Å². The van der Waals surface area contributed by atoms with Gasteiger partial charge in [-0.1, -0.05) is 11.2 Å². The molecular formula is C33H40N4O17. The van der Waals surface area contributed by atoms with E-state index in [9.17, 15) is 49.7 Å². The van der Waals surface area contributed by atoms with Gasteiger partial charge in [0, 0.05) is 25.1 Å². The molecule has 21 heteroatoms. The number of piperidine rings is 1. The summed E-state index contributed by atoms with van der Waals surface area (Å²) in [4.78, 5) is 66.9. The monoisotopic (exact) mass is 764 g/mol. The fraction of sp³-hybridized carbons (Fsp3) is 0.485. The zero-order valence-electron chi connectivity index (χ0n) is 29.1. The number of carbonyl (C=O) groups is 4. The largest absolute Gasteiger partial charge is 0.493 e. The molecule has 0 unspecified atom stereocenters. The number of carbonyl (C=O) groups excluding carboxylic acids is 2. The summed E-state index contributed by atoms with van der Waals surface area (Å²) >= 11 is 0. The van der Waals surface area contributed by atoms with Crippen LogP contribution in [0.25, 0.3) is 0 Å². The lowest BCUT2D eigenvalue weighted by atomic mass is 9.99. The predicted molar refractivity (Wildman–Crippen MR) is 181 cm³/mol. The van der Waals surface area contributed by atoms with E-state index in [0.29, 0.717) is 19.4 Å². The van der Waals surface area contributed by atoms with E-state index in [1.807, 2.05) is 0 Å². The minimum absolute atomic E-state index is 0.00793. The Kier molecular flexibility index (Phi) is 14.3. The number of hydrogen-bond acceptors (Lipinski definition) is 16. The average Bonchev–Trinajstić information content (AvgIpc) is 3.14. The molecule has 0 bridgehead atoms. The second-order valence-electron chi connectivity index (χ2n) is 12.0. The van der Waals surface area contributed by atoms with E-state index in [0.717, 1.165) is 18.6 Å². The van der Waals surface area contributed by atoms with Gasteiger partial charge in [-0.15, -0.1) is 0 Å². The van der Waals surface area contributed by atoms with Crippen molar-refractivity contribution in [3.8, 4) is 17.2 Å². The molecule has 2 heterocycles. The third-order valence-electron chi connectivity index (χ3n) is 8.36. The number of anilines is 1. The fourth-order valence-electron chi connectivity index (χ4n) is 5.63. The van der Waals surface area contributed by atoms with Gasteiger partial charge < -0.3 is 59.0 Å². The molecule has 4 rings (SSSR count). The summed E-state index contributed by atoms with van der Waals surface area (Å²) in [5, 5.41) is 66.7. The number of carboxylic acids is 2. The number of aliphatic hydroxyl groups is 3. The Bertz CT molecular complexity index is 1720. The van der Waals surface area contributed by atoms with Gasteiger partial charge in [-0.25, -0.2) is 9.59 Å². The lowest BCUT2D eigenvalue weighted by molar-refractivity contribution is -0.387. The number of benzene rings is 2. The van der Waals surface area contributed by atoms with Crippen LogP contribution in [0.2, 0.25) is 0 Å². The molecule has 0 spiro atoms. The van der Waals surface area contributed by atoms with Gasteiger partial charge in [-0.3, -0.25) is 25.0 Å². The number of methoxy groups -OCH3 is 1. The lowest BCUT2D eigenvalue weighted by Crippen LogP contribution is -2.61. The summed E-state index contributed by atoms with van der Waals surface area (Å²) in [5.74, 6) is -3.50. The second-order valence-corrected chi connectivity index (χ2v) is 12.0. The first-order valence-corrected chi connectivity index (χ1v) is 16.5. The van der Waals surface area contributed by atoms with Crippen molar-refractivity contribution in [2.45, 2.75) is 75.5 Å². The predicted octanol–water partition coefficient (Wildman–Crippen LogP) is 1.49. The summed E-state index contributed by atoms with van der Waals surface area (Å²) in [6.45, 7) is -0.207. The van der Waals surface area contributed by atoms with Gasteiger partial charge >= 0.3 is 23.7 Å². The van der Waals surface area contributed by atoms with Crippen LogP contribution in [0.15, 0.2) is 35.5 Å². The number of rotatable bonds is 16. The molecule has 0 aliphatic carbocycles. The van der Waals surface area contributed by atoms with Crippen molar-refractivity contribution in [3.63, 3.8) is 0 Å². The van der Waals surface area contributed by atoms with E-state index in [1.165, 1.54) is 38.6 Å². The number of amides is 2. The topological polar surface area (TPSA) is 296 Å². The van der Waals surface area contributed by atoms with Crippen LogP contribution in [0.4, 0.5) is 16.2 Å². The van der Waals surface area contributed by atoms with Gasteiger partial charge in [0.15, 0.2) is 23.4 Å². The molecule has 21 nitrogen and oxygen atoms in total. The van der Waals surface area contributed by atoms with Crippen molar-refractivity contribution in [2.75, 3.05) is 32.7 Å². The molecular weight excluding hydrogens is 724 g/mol. The van der Waals surface area contributed by atoms with Crippen molar-refractivity contribution in [2.24, 2.45) is 5.16 Å². The number of carboxylic acid groups (broad SMARTS) is 2. The van der Waals surface area contributed by atoms with Crippen molar-refractivity contribution in [3.05, 3.63) is 51.6 Å². The van der Waals surface area contributed by atoms with Gasteiger partial charge in [0.1, 0.15) is 32.0 Å². The molecule has 2 fully saturated rings. The maximum absolute atomic E-state index is 14.0. The van der Waals surface area contributed by atoms with E-state index in [4.69, 9.17) is 33.6 Å². The minimum Gasteiger partial charge on any atom is -0.493 e. The molecule has 2 amide bonds. The molecule has 0 aromatic heterocycles. The van der Waals surface area contributed by atoms with Crippen LogP contribution >= 0.6 is 0 Å². The SMILES string of the molecule is CON=C[C@@H]1CCCCN1C(=O)c1cc(OC)c(OCCCC(=O)O)cc1NC(=O)OCc1ccc(O[C@@H]2O[C@H](C(=O)O)[C@@H](O)[C@H](O)[C@H]2O)c([N+](=O)[O-])c1. The van der Waals surface area contributed by atoms with E-state index in [-0.39, 0.29) is 47.8 Å². The van der Waals surface area contributed by atoms with Crippen molar-refractivity contribution < 1.29 is 78.2 Å². The number of aliphatic hydroxyl groups excluding tert-OH is 3. The normalized spacial score (nSPS) is 22.6. The Morgan fingerprint density at radius 1 is 1.04 bits per heavy atom. The molecule has 2 aromatic carbocycles. The number of nitrogens with one attached hydrogen (secondary N) is 1. The first-order valence-electron chi connectivity index (χ1n) is 16.5. The van der Waals surface area contributed by atoms with E-state index >= 15 is 0 Å². The van der Waals surface area contributed by atoms with Crippen molar-refractivity contribution in [1.82, 2.24) is 4.90 Å². The summed E-state index contributed by atoms with van der Waals surface area (Å²) in [5.41, 5.74) is -0.693. The Balaban J connectivity index is 1.55. The number of ether oxygens (including phenoxy) is 5. The molecule has 54 heavy (non-hydrogen) atoms. The first-order chi connectivity index (χ1) is 25.7. The van der Waals surface area contributed by atoms with Crippen LogP contribution in [-0.4, -0.2) is 130 Å². The average molecular weight is 765 g/mol. The minimum atomic E-state index is -2.01. The van der Waals surface area contributed by atoms with Crippen LogP contribution in [0.5, 0.6) is 17.2 Å². The third-order valence-corrected chi connectivity index (χ3v) is 8.36. The number of nitrogens with zero attached hydrogens (tertiary/aromatic N) is 3. The molecule has 0 radical (unpaired) electrons. The van der Waals surface area contributed by atoms with Gasteiger partial charge in [0.05, 0.1) is 42.1 Å². The first kappa shape index (κ1) is 41.0. The van der Waals surface area contributed by atoms with Gasteiger partial charge in [-0.2, -0.15) is 0 Å². The number of likely N-dealkylation sites (tertiary alicyclic amines) is 1. The molecule has 2 aliphatic heterocycles. The summed E-state index contributed by atoms with van der Waals surface area (Å²) in [6, 6.07) is 5.55. The Hall–Kier alpha value is -5.77. The molecule has 6 N–H and O–H groups in total. The molecule has 2 saturated heterocycles. The number of nitro groups is 1. The van der Waals surface area contributed by atoms with Crippen LogP contribution in [0.3, 0.4) is 0 Å². The highest BCUT2D eigenvalue weighted by molar-refractivity contribution is 6.04. The zero-order valence-corrected chi connectivity index (χ0v) is 29.1. The molecule has 0 saturated carbocycles.